The van der Waals surface area contributed by atoms with Crippen molar-refractivity contribution in [2.45, 2.75) is 12.2 Å². The topological polar surface area (TPSA) is 81.4 Å². The maximum Gasteiger partial charge on any atom is 0.348 e. The third-order valence-electron chi connectivity index (χ3n) is 4.91. The monoisotopic (exact) mass is 326 g/mol. The van der Waals surface area contributed by atoms with Crippen LogP contribution >= 0.6 is 0 Å². The van der Waals surface area contributed by atoms with Gasteiger partial charge >= 0.3 is 12.0 Å². The van der Waals surface area contributed by atoms with E-state index in [-0.39, 0.29) is 24.1 Å². The van der Waals surface area contributed by atoms with Crippen LogP contribution in [0.2, 0.25) is 0 Å². The zero-order valence-electron chi connectivity index (χ0n) is 14.0. The molecule has 3 aliphatic heterocycles. The molecule has 0 spiro atoms. The van der Waals surface area contributed by atoms with E-state index in [1.165, 1.54) is 16.8 Å². The first-order valence-electron chi connectivity index (χ1n) is 8.06. The van der Waals surface area contributed by atoms with Gasteiger partial charge in [-0.05, 0) is 0 Å². The molecule has 3 rings (SSSR count). The number of hydrogen-bond acceptors (Lipinski definition) is 5. The van der Waals surface area contributed by atoms with Crippen LogP contribution in [0.15, 0.2) is 0 Å². The third-order valence-corrected chi connectivity index (χ3v) is 4.91. The number of morpholine rings is 1. The number of fused-ring (bicyclic) bond motifs is 1. The Morgan fingerprint density at radius 3 is 2.74 bits per heavy atom. The van der Waals surface area contributed by atoms with Crippen molar-refractivity contribution in [3.8, 4) is 0 Å². The van der Waals surface area contributed by atoms with E-state index in [1.54, 1.807) is 11.9 Å². The highest BCUT2D eigenvalue weighted by Crippen LogP contribution is 2.18. The predicted octanol–water partition coefficient (Wildman–Crippen LogP) is -3.69. The largest absolute Gasteiger partial charge is 0.370 e. The number of likely N-dealkylation sites (N-methyl/N-ethyl adjacent to an activating group) is 3. The van der Waals surface area contributed by atoms with Gasteiger partial charge in [-0.1, -0.05) is 0 Å². The van der Waals surface area contributed by atoms with Crippen LogP contribution in [0.25, 0.3) is 0 Å². The Kier molecular flexibility index (Phi) is 4.40. The number of carbonyl (C=O) groups excluding carboxylic acids is 2. The number of rotatable bonds is 3. The van der Waals surface area contributed by atoms with Crippen molar-refractivity contribution < 1.29 is 23.8 Å². The minimum Gasteiger partial charge on any atom is -0.370 e. The first-order valence-corrected chi connectivity index (χ1v) is 8.06. The Morgan fingerprint density at radius 2 is 2.04 bits per heavy atom. The van der Waals surface area contributed by atoms with Gasteiger partial charge in [-0.2, -0.15) is 0 Å². The summed E-state index contributed by atoms with van der Waals surface area (Å²) in [6, 6.07) is -0.669. The Balaban J connectivity index is 1.61. The van der Waals surface area contributed by atoms with Crippen molar-refractivity contribution in [1.82, 2.24) is 20.4 Å². The molecule has 0 aliphatic carbocycles. The molecule has 0 aromatic heterocycles. The van der Waals surface area contributed by atoms with Crippen molar-refractivity contribution in [1.29, 1.82) is 0 Å². The smallest absolute Gasteiger partial charge is 0.348 e. The van der Waals surface area contributed by atoms with Crippen molar-refractivity contribution in [3.63, 3.8) is 0 Å². The molecule has 3 heterocycles. The molecule has 0 aromatic rings. The van der Waals surface area contributed by atoms with Crippen LogP contribution < -0.4 is 15.5 Å². The molecular weight excluding hydrogens is 300 g/mol. The Bertz CT molecular complexity index is 531. The normalized spacial score (nSPS) is 29.0. The minimum atomic E-state index is -0.388. The fraction of sp³-hybridized carbons (Fsp3) is 0.786. The summed E-state index contributed by atoms with van der Waals surface area (Å²) in [7, 11) is 5.11. The molecule has 2 atom stereocenters. The number of guanidine groups is 1. The number of nitrogens with zero attached hydrogens (tertiary/aromatic N) is 3. The number of urea groups is 1. The summed E-state index contributed by atoms with van der Waals surface area (Å²) in [4.78, 5) is 28.7. The van der Waals surface area contributed by atoms with Crippen LogP contribution in [-0.4, -0.2) is 105 Å². The maximum atomic E-state index is 12.4. The van der Waals surface area contributed by atoms with Gasteiger partial charge in [-0.3, -0.25) is 29.8 Å². The van der Waals surface area contributed by atoms with E-state index in [1.807, 2.05) is 11.6 Å². The molecule has 9 nitrogen and oxygen atoms in total. The van der Waals surface area contributed by atoms with Crippen LogP contribution in [0.3, 0.4) is 0 Å². The highest BCUT2D eigenvalue weighted by Gasteiger charge is 2.52. The zero-order chi connectivity index (χ0) is 16.6. The number of quaternary nitrogens is 1. The van der Waals surface area contributed by atoms with Crippen molar-refractivity contribution >= 4 is 17.9 Å². The molecule has 0 aromatic carbocycles. The Hall–Kier alpha value is -1.87. The number of nitrogens with one attached hydrogen (secondary N) is 3. The molecule has 23 heavy (non-hydrogen) atoms. The van der Waals surface area contributed by atoms with Gasteiger partial charge in [0.1, 0.15) is 26.2 Å². The van der Waals surface area contributed by atoms with Gasteiger partial charge < -0.3 is 9.64 Å². The van der Waals surface area contributed by atoms with Gasteiger partial charge in [0, 0.05) is 14.1 Å². The molecule has 0 unspecified atom stereocenters. The lowest BCUT2D eigenvalue weighted by Crippen LogP contribution is -3.14. The first-order chi connectivity index (χ1) is 11.0. The first kappa shape index (κ1) is 16.0. The molecule has 3 aliphatic rings. The number of carbonyl (C=O) groups is 2. The summed E-state index contributed by atoms with van der Waals surface area (Å²) in [5.74, 6) is 0.625. The van der Waals surface area contributed by atoms with E-state index in [2.05, 4.69) is 10.6 Å². The van der Waals surface area contributed by atoms with Crippen molar-refractivity contribution in [3.05, 3.63) is 0 Å². The summed E-state index contributed by atoms with van der Waals surface area (Å²) in [5.41, 5.74) is 0. The van der Waals surface area contributed by atoms with Gasteiger partial charge in [0.25, 0.3) is 5.91 Å². The van der Waals surface area contributed by atoms with Crippen molar-refractivity contribution in [2.75, 3.05) is 60.5 Å². The van der Waals surface area contributed by atoms with E-state index in [4.69, 9.17) is 4.74 Å². The van der Waals surface area contributed by atoms with Gasteiger partial charge in [0.15, 0.2) is 6.17 Å². The minimum absolute atomic E-state index is 0.177. The summed E-state index contributed by atoms with van der Waals surface area (Å²) < 4.78 is 7.25. The lowest BCUT2D eigenvalue weighted by Gasteiger charge is -2.35. The quantitative estimate of drug-likeness (QED) is 0.465. The lowest BCUT2D eigenvalue weighted by molar-refractivity contribution is -0.906. The Morgan fingerprint density at radius 1 is 1.35 bits per heavy atom. The van der Waals surface area contributed by atoms with Gasteiger partial charge in [-0.25, -0.2) is 4.79 Å². The highest BCUT2D eigenvalue weighted by molar-refractivity contribution is 6.01. The highest BCUT2D eigenvalue weighted by atomic mass is 16.5. The molecule has 9 heteroatoms. The van der Waals surface area contributed by atoms with Crippen LogP contribution in [0.4, 0.5) is 4.79 Å². The second-order valence-electron chi connectivity index (χ2n) is 6.32. The molecule has 0 radical (unpaired) electrons. The lowest BCUT2D eigenvalue weighted by atomic mass is 10.1. The predicted molar refractivity (Wildman–Crippen MR) is 82.2 cm³/mol. The molecule has 2 saturated heterocycles. The molecule has 2 fully saturated rings. The average Bonchev–Trinajstić information content (AvgIpc) is 2.89. The van der Waals surface area contributed by atoms with Crippen molar-refractivity contribution in [2.24, 2.45) is 0 Å². The summed E-state index contributed by atoms with van der Waals surface area (Å²) in [6.45, 7) is 5.52. The molecule has 128 valence electrons. The van der Waals surface area contributed by atoms with Gasteiger partial charge in [-0.15, -0.1) is 0 Å². The van der Waals surface area contributed by atoms with E-state index in [9.17, 15) is 9.59 Å². The van der Waals surface area contributed by atoms with Gasteiger partial charge in [0.2, 0.25) is 6.04 Å². The number of amides is 3. The van der Waals surface area contributed by atoms with Crippen LogP contribution in [0, 0.1) is 0 Å². The molecular formula is C14H26N6O3+2. The molecule has 3 amide bonds. The van der Waals surface area contributed by atoms with Crippen LogP contribution in [0.1, 0.15) is 0 Å². The fourth-order valence-electron chi connectivity index (χ4n) is 3.37. The van der Waals surface area contributed by atoms with E-state index >= 15 is 0 Å². The summed E-state index contributed by atoms with van der Waals surface area (Å²) in [6.07, 6.45) is -0.325. The zero-order valence-corrected chi connectivity index (χ0v) is 14.0. The molecule has 3 N–H and O–H groups in total. The second kappa shape index (κ2) is 6.32. The summed E-state index contributed by atoms with van der Waals surface area (Å²) >= 11 is 0. The number of hydrogen-bond donors (Lipinski definition) is 3. The standard InChI is InChI=1S/C14H24N6O3/c1-17-10-11(18(2)14(22)19(3)12(10)21)16-13(17)15-4-5-20-6-8-23-9-7-20/h10-11H,4-9H2,1-3H3,(H,15,16)/p+2/t10-,11-/m0/s1. The Labute approximate surface area is 135 Å². The maximum absolute atomic E-state index is 12.4. The van der Waals surface area contributed by atoms with Crippen LogP contribution in [0.5, 0.6) is 0 Å². The SMILES string of the molecule is CN1C(=O)[C@@H]2[C@@H](NC(NCC[NH+]3CCOCC3)=[N+]2C)N(C)C1=O. The van der Waals surface area contributed by atoms with E-state index in [0.29, 0.717) is 0 Å². The number of ether oxygens (including phenoxy) is 1. The van der Waals surface area contributed by atoms with E-state index in [0.717, 1.165) is 45.4 Å². The molecule has 0 saturated carbocycles. The summed E-state index contributed by atoms with van der Waals surface area (Å²) in [5, 5.41) is 6.63. The molecule has 0 bridgehead atoms. The average molecular weight is 326 g/mol. The third kappa shape index (κ3) is 2.86. The fourth-order valence-corrected chi connectivity index (χ4v) is 3.37. The van der Waals surface area contributed by atoms with Crippen LogP contribution in [-0.2, 0) is 9.53 Å². The van der Waals surface area contributed by atoms with Gasteiger partial charge in [0.05, 0.1) is 20.3 Å². The van der Waals surface area contributed by atoms with E-state index < -0.39 is 0 Å². The second-order valence-corrected chi connectivity index (χ2v) is 6.32. The number of imide groups is 1.